The topological polar surface area (TPSA) is 63.6 Å². The molecule has 32 heavy (non-hydrogen) atoms. The highest BCUT2D eigenvalue weighted by atomic mass is 32.2. The van der Waals surface area contributed by atoms with Crippen molar-refractivity contribution in [2.45, 2.75) is 50.3 Å². The summed E-state index contributed by atoms with van der Waals surface area (Å²) in [5.41, 5.74) is 3.42. The highest BCUT2D eigenvalue weighted by molar-refractivity contribution is 7.95. The Morgan fingerprint density at radius 2 is 1.53 bits per heavy atom. The fourth-order valence-electron chi connectivity index (χ4n) is 3.85. The molecule has 2 aromatic rings. The van der Waals surface area contributed by atoms with Gasteiger partial charge in [-0.2, -0.15) is 0 Å². The molecule has 0 aromatic heterocycles. The summed E-state index contributed by atoms with van der Waals surface area (Å²) in [6, 6.07) is 15.0. The lowest BCUT2D eigenvalue weighted by molar-refractivity contribution is 0.388. The molecule has 0 spiro atoms. The van der Waals surface area contributed by atoms with Gasteiger partial charge in [-0.1, -0.05) is 44.2 Å². The maximum Gasteiger partial charge on any atom is 0.202 e. The van der Waals surface area contributed by atoms with Crippen molar-refractivity contribution in [3.05, 3.63) is 100 Å². The van der Waals surface area contributed by atoms with Crippen molar-refractivity contribution >= 4 is 15.4 Å². The number of aliphatic hydroxyl groups is 1. The molecule has 4 rings (SSSR count). The third-order valence-electron chi connectivity index (χ3n) is 5.88. The second kappa shape index (κ2) is 9.21. The first kappa shape index (κ1) is 22.2. The zero-order chi connectivity index (χ0) is 22.7. The first-order chi connectivity index (χ1) is 15.3. The lowest BCUT2D eigenvalue weighted by atomic mass is 9.96. The summed E-state index contributed by atoms with van der Waals surface area (Å²) in [5, 5.41) is 9.51. The van der Waals surface area contributed by atoms with E-state index in [-0.39, 0.29) is 0 Å². The minimum absolute atomic E-state index is 0.335. The van der Waals surface area contributed by atoms with Crippen LogP contribution in [0.5, 0.6) is 5.75 Å². The molecule has 5 heteroatoms. The molecule has 0 saturated heterocycles. The summed E-state index contributed by atoms with van der Waals surface area (Å²) in [6.07, 6.45) is 9.53. The summed E-state index contributed by atoms with van der Waals surface area (Å²) in [5.74, 6) is 2.25. The van der Waals surface area contributed by atoms with Gasteiger partial charge < -0.3 is 9.84 Å². The van der Waals surface area contributed by atoms with Crippen LogP contribution >= 0.6 is 0 Å². The second-order valence-corrected chi connectivity index (χ2v) is 10.5. The molecular formula is C27H28O4S. The quantitative estimate of drug-likeness (QED) is 0.525. The first-order valence-corrected chi connectivity index (χ1v) is 12.4. The Labute approximate surface area is 190 Å². The Bertz CT molecular complexity index is 1210. The Morgan fingerprint density at radius 1 is 0.812 bits per heavy atom. The fraction of sp³-hybridized carbons (Fsp3) is 0.259. The summed E-state index contributed by atoms with van der Waals surface area (Å²) >= 11 is 0. The van der Waals surface area contributed by atoms with Crippen LogP contribution in [-0.2, 0) is 9.84 Å². The monoisotopic (exact) mass is 448 g/mol. The third-order valence-corrected chi connectivity index (χ3v) is 7.80. The molecular weight excluding hydrogens is 420 g/mol. The van der Waals surface area contributed by atoms with E-state index in [0.29, 0.717) is 40.7 Å². The molecule has 2 aliphatic carbocycles. The fourth-order valence-corrected chi connectivity index (χ4v) is 5.26. The lowest BCUT2D eigenvalue weighted by Crippen LogP contribution is -2.09. The van der Waals surface area contributed by atoms with Gasteiger partial charge in [0.15, 0.2) is 0 Å². The average Bonchev–Trinajstić information content (AvgIpc) is 2.80. The van der Waals surface area contributed by atoms with Gasteiger partial charge in [-0.15, -0.1) is 0 Å². The molecule has 0 unspecified atom stereocenters. The number of rotatable bonds is 6. The Kier molecular flexibility index (Phi) is 6.38. The van der Waals surface area contributed by atoms with E-state index in [1.807, 2.05) is 42.5 Å². The standard InChI is InChI=1S/C27H28O4S/c1-19(2)20-7-15-26(16-8-20)32(29,30)27-17-13-25(14-18-27)31-24-11-5-22(6-12-24)21-3-9-23(28)10-4-21/h3,5-9,11-13,15-17,19,28H,4,10,14,18H2,1-2H3. The highest BCUT2D eigenvalue weighted by Gasteiger charge is 2.23. The van der Waals surface area contributed by atoms with E-state index in [4.69, 9.17) is 4.74 Å². The summed E-state index contributed by atoms with van der Waals surface area (Å²) in [7, 11) is -3.49. The van der Waals surface area contributed by atoms with Gasteiger partial charge in [0.25, 0.3) is 0 Å². The predicted molar refractivity (Wildman–Crippen MR) is 128 cm³/mol. The molecule has 0 saturated carbocycles. The maximum absolute atomic E-state index is 13.0. The van der Waals surface area contributed by atoms with Crippen molar-refractivity contribution in [1.29, 1.82) is 0 Å². The van der Waals surface area contributed by atoms with Gasteiger partial charge >= 0.3 is 0 Å². The number of ether oxygens (including phenoxy) is 1. The van der Waals surface area contributed by atoms with Crippen LogP contribution in [0.4, 0.5) is 0 Å². The number of sulfone groups is 1. The Morgan fingerprint density at radius 3 is 2.09 bits per heavy atom. The smallest absolute Gasteiger partial charge is 0.202 e. The largest absolute Gasteiger partial charge is 0.512 e. The van der Waals surface area contributed by atoms with Crippen LogP contribution in [0.15, 0.2) is 94.2 Å². The van der Waals surface area contributed by atoms with Crippen LogP contribution in [0.1, 0.15) is 56.6 Å². The van der Waals surface area contributed by atoms with Gasteiger partial charge in [0, 0.05) is 17.7 Å². The van der Waals surface area contributed by atoms with Gasteiger partial charge in [-0.05, 0) is 78.0 Å². The molecule has 1 N–H and O–H groups in total. The van der Waals surface area contributed by atoms with Crippen molar-refractivity contribution in [2.75, 3.05) is 0 Å². The minimum Gasteiger partial charge on any atom is -0.512 e. The van der Waals surface area contributed by atoms with E-state index in [9.17, 15) is 13.5 Å². The number of hydrogen-bond acceptors (Lipinski definition) is 4. The van der Waals surface area contributed by atoms with Crippen molar-refractivity contribution < 1.29 is 18.3 Å². The van der Waals surface area contributed by atoms with E-state index in [1.54, 1.807) is 30.4 Å². The molecule has 0 bridgehead atoms. The van der Waals surface area contributed by atoms with Gasteiger partial charge in [0.1, 0.15) is 11.5 Å². The average molecular weight is 449 g/mol. The number of aliphatic hydroxyl groups excluding tert-OH is 1. The van der Waals surface area contributed by atoms with E-state index in [2.05, 4.69) is 13.8 Å². The number of hydrogen-bond donors (Lipinski definition) is 1. The third kappa shape index (κ3) is 4.89. The Balaban J connectivity index is 1.45. The maximum atomic E-state index is 13.0. The Hall–Kier alpha value is -3.05. The molecule has 0 fully saturated rings. The van der Waals surface area contributed by atoms with Crippen LogP contribution < -0.4 is 4.74 Å². The van der Waals surface area contributed by atoms with Crippen LogP contribution in [0.25, 0.3) is 5.57 Å². The summed E-state index contributed by atoms with van der Waals surface area (Å²) in [4.78, 5) is 0.750. The second-order valence-electron chi connectivity index (χ2n) is 8.47. The molecule has 0 aliphatic heterocycles. The molecule has 2 aromatic carbocycles. The number of benzene rings is 2. The first-order valence-electron chi connectivity index (χ1n) is 10.9. The molecule has 0 heterocycles. The van der Waals surface area contributed by atoms with Gasteiger partial charge in [-0.25, -0.2) is 8.42 Å². The van der Waals surface area contributed by atoms with Crippen molar-refractivity contribution in [3.63, 3.8) is 0 Å². The van der Waals surface area contributed by atoms with E-state index < -0.39 is 9.84 Å². The normalized spacial score (nSPS) is 16.7. The molecule has 4 nitrogen and oxygen atoms in total. The van der Waals surface area contributed by atoms with Crippen LogP contribution in [0.2, 0.25) is 0 Å². The number of allylic oxidation sites excluding steroid dienone is 8. The van der Waals surface area contributed by atoms with Crippen LogP contribution in [-0.4, -0.2) is 13.5 Å². The van der Waals surface area contributed by atoms with E-state index in [1.165, 1.54) is 5.57 Å². The van der Waals surface area contributed by atoms with Gasteiger partial charge in [0.05, 0.1) is 10.7 Å². The predicted octanol–water partition coefficient (Wildman–Crippen LogP) is 6.84. The van der Waals surface area contributed by atoms with Crippen LogP contribution in [0.3, 0.4) is 0 Å². The summed E-state index contributed by atoms with van der Waals surface area (Å²) in [6.45, 7) is 4.17. The van der Waals surface area contributed by atoms with Gasteiger partial charge in [-0.3, -0.25) is 0 Å². The van der Waals surface area contributed by atoms with Crippen molar-refractivity contribution in [3.8, 4) is 5.75 Å². The van der Waals surface area contributed by atoms with E-state index in [0.717, 1.165) is 29.1 Å². The molecule has 0 atom stereocenters. The molecule has 2 aliphatic rings. The zero-order valence-electron chi connectivity index (χ0n) is 18.4. The molecule has 0 radical (unpaired) electrons. The van der Waals surface area contributed by atoms with Crippen molar-refractivity contribution in [1.82, 2.24) is 0 Å². The molecule has 166 valence electrons. The lowest BCUT2D eigenvalue weighted by Gasteiger charge is -2.17. The van der Waals surface area contributed by atoms with Crippen molar-refractivity contribution in [2.24, 2.45) is 0 Å². The molecule has 0 amide bonds. The minimum atomic E-state index is -3.49. The SMILES string of the molecule is CC(C)c1ccc(S(=O)(=O)C2=CC=C(Oc3ccc(C4=CC=C(O)CC4)cc3)CC2)cc1. The van der Waals surface area contributed by atoms with Gasteiger partial charge in [0.2, 0.25) is 9.84 Å². The highest BCUT2D eigenvalue weighted by Crippen LogP contribution is 2.31. The zero-order valence-corrected chi connectivity index (χ0v) is 19.2. The van der Waals surface area contributed by atoms with E-state index >= 15 is 0 Å². The van der Waals surface area contributed by atoms with Crippen LogP contribution in [0, 0.1) is 0 Å². The summed E-state index contributed by atoms with van der Waals surface area (Å²) < 4.78 is 31.9.